The second-order valence-corrected chi connectivity index (χ2v) is 6.03. The van der Waals surface area contributed by atoms with Gasteiger partial charge in [-0.1, -0.05) is 0 Å². The number of carbonyl (C=O) groups excluding carboxylic acids is 2. The van der Waals surface area contributed by atoms with Crippen molar-refractivity contribution in [3.05, 3.63) is 0 Å². The molecule has 0 aliphatic carbocycles. The summed E-state index contributed by atoms with van der Waals surface area (Å²) < 4.78 is 42.5. The van der Waals surface area contributed by atoms with Crippen LogP contribution < -0.4 is 0 Å². The highest BCUT2D eigenvalue weighted by atomic mass is 16.9. The minimum absolute atomic E-state index is 0.144. The number of hydrogen-bond donors (Lipinski definition) is 0. The van der Waals surface area contributed by atoms with Gasteiger partial charge in [0.05, 0.1) is 0 Å². The first kappa shape index (κ1) is 28.7. The van der Waals surface area contributed by atoms with E-state index in [2.05, 4.69) is 0 Å². The Labute approximate surface area is 179 Å². The molecule has 0 N–H and O–H groups in total. The third-order valence-electron chi connectivity index (χ3n) is 3.91. The minimum atomic E-state index is -1.40. The highest BCUT2D eigenvalue weighted by Crippen LogP contribution is 2.17. The van der Waals surface area contributed by atoms with Crippen molar-refractivity contribution in [1.82, 2.24) is 0 Å². The predicted octanol–water partition coefficient (Wildman–Crippen LogP) is 2.38. The molecular formula is C20H38O10. The van der Waals surface area contributed by atoms with Crippen molar-refractivity contribution < 1.29 is 47.5 Å². The fourth-order valence-corrected chi connectivity index (χ4v) is 2.50. The number of rotatable bonds is 19. The molecule has 0 bridgehead atoms. The summed E-state index contributed by atoms with van der Waals surface area (Å²) in [4.78, 5) is 23.9. The van der Waals surface area contributed by atoms with E-state index >= 15 is 0 Å². The second kappa shape index (κ2) is 16.4. The summed E-state index contributed by atoms with van der Waals surface area (Å²) in [6, 6.07) is 0. The molecule has 0 saturated carbocycles. The SMILES string of the molecule is CCOC(COC(=O)CCCCC(=O)OCC(OC)(OCC)OCC)(OC)OCC. The maximum Gasteiger partial charge on any atom is 0.319 e. The zero-order valence-corrected chi connectivity index (χ0v) is 19.2. The average molecular weight is 439 g/mol. The maximum atomic E-state index is 11.9. The van der Waals surface area contributed by atoms with Gasteiger partial charge < -0.3 is 37.9 Å². The van der Waals surface area contributed by atoms with Crippen molar-refractivity contribution in [2.24, 2.45) is 0 Å². The number of carbonyl (C=O) groups is 2. The Bertz CT molecular complexity index is 415. The first-order valence-corrected chi connectivity index (χ1v) is 10.3. The van der Waals surface area contributed by atoms with Crippen LogP contribution in [0.15, 0.2) is 0 Å². The zero-order chi connectivity index (χ0) is 22.9. The molecule has 0 fully saturated rings. The summed E-state index contributed by atoms with van der Waals surface area (Å²) in [6.45, 7) is 8.13. The number of ether oxygens (including phenoxy) is 8. The lowest BCUT2D eigenvalue weighted by atomic mass is 10.2. The van der Waals surface area contributed by atoms with Gasteiger partial charge in [0.15, 0.2) is 13.2 Å². The molecule has 0 aromatic heterocycles. The molecule has 0 aliphatic rings. The molecule has 0 radical (unpaired) electrons. The van der Waals surface area contributed by atoms with Gasteiger partial charge in [-0.25, -0.2) is 0 Å². The Balaban J connectivity index is 4.23. The highest BCUT2D eigenvalue weighted by molar-refractivity contribution is 5.70. The van der Waals surface area contributed by atoms with Crippen LogP contribution in [0.25, 0.3) is 0 Å². The number of unbranched alkanes of at least 4 members (excludes halogenated alkanes) is 1. The van der Waals surface area contributed by atoms with E-state index in [1.54, 1.807) is 27.7 Å². The lowest BCUT2D eigenvalue weighted by Gasteiger charge is -2.30. The van der Waals surface area contributed by atoms with Crippen LogP contribution in [0.2, 0.25) is 0 Å². The summed E-state index contributed by atoms with van der Waals surface area (Å²) >= 11 is 0. The Kier molecular flexibility index (Phi) is 15.7. The molecule has 0 saturated heterocycles. The molecule has 0 amide bonds. The second-order valence-electron chi connectivity index (χ2n) is 6.03. The van der Waals surface area contributed by atoms with Gasteiger partial charge >= 0.3 is 23.9 Å². The van der Waals surface area contributed by atoms with E-state index in [1.807, 2.05) is 0 Å². The van der Waals surface area contributed by atoms with Crippen LogP contribution in [-0.4, -0.2) is 77.7 Å². The standard InChI is InChI=1S/C20H38O10/c1-7-27-19(23-5,28-8-2)15-25-17(21)13-11-12-14-18(22)26-16-20(24-6,29-9-3)30-10-4/h7-16H2,1-6H3. The molecule has 10 heteroatoms. The number of esters is 2. The van der Waals surface area contributed by atoms with E-state index < -0.39 is 23.9 Å². The van der Waals surface area contributed by atoms with E-state index in [-0.39, 0.29) is 26.1 Å². The zero-order valence-electron chi connectivity index (χ0n) is 19.2. The van der Waals surface area contributed by atoms with Crippen molar-refractivity contribution in [3.63, 3.8) is 0 Å². The highest BCUT2D eigenvalue weighted by Gasteiger charge is 2.34. The molecule has 0 unspecified atom stereocenters. The Hall–Kier alpha value is -1.30. The summed E-state index contributed by atoms with van der Waals surface area (Å²) in [5.74, 6) is -3.68. The third kappa shape index (κ3) is 11.2. The van der Waals surface area contributed by atoms with Crippen molar-refractivity contribution >= 4 is 11.9 Å². The van der Waals surface area contributed by atoms with Crippen LogP contribution >= 0.6 is 0 Å². The van der Waals surface area contributed by atoms with Gasteiger partial charge in [0.25, 0.3) is 0 Å². The average Bonchev–Trinajstić information content (AvgIpc) is 2.74. The first-order chi connectivity index (χ1) is 14.4. The lowest BCUT2D eigenvalue weighted by molar-refractivity contribution is -0.380. The lowest BCUT2D eigenvalue weighted by Crippen LogP contribution is -2.43. The summed E-state index contributed by atoms with van der Waals surface area (Å²) in [5.41, 5.74) is 0. The van der Waals surface area contributed by atoms with Crippen LogP contribution in [-0.2, 0) is 47.5 Å². The molecule has 178 valence electrons. The van der Waals surface area contributed by atoms with Crippen molar-refractivity contribution in [1.29, 1.82) is 0 Å². The summed E-state index contributed by atoms with van der Waals surface area (Å²) in [6.07, 6.45) is 1.21. The summed E-state index contributed by atoms with van der Waals surface area (Å²) in [5, 5.41) is 0. The van der Waals surface area contributed by atoms with Gasteiger partial charge in [0, 0.05) is 53.5 Å². The topological polar surface area (TPSA) is 108 Å². The fraction of sp³-hybridized carbons (Fsp3) is 0.900. The number of methoxy groups -OCH3 is 2. The third-order valence-corrected chi connectivity index (χ3v) is 3.91. The monoisotopic (exact) mass is 438 g/mol. The van der Waals surface area contributed by atoms with Gasteiger partial charge in [-0.2, -0.15) is 0 Å². The fourth-order valence-electron chi connectivity index (χ4n) is 2.50. The van der Waals surface area contributed by atoms with E-state index in [0.29, 0.717) is 39.3 Å². The van der Waals surface area contributed by atoms with Crippen LogP contribution in [0.3, 0.4) is 0 Å². The molecule has 0 heterocycles. The normalized spacial score (nSPS) is 12.1. The molecular weight excluding hydrogens is 400 g/mol. The Morgan fingerprint density at radius 1 is 0.600 bits per heavy atom. The molecule has 0 rings (SSSR count). The Morgan fingerprint density at radius 3 is 1.13 bits per heavy atom. The largest absolute Gasteiger partial charge is 0.457 e. The van der Waals surface area contributed by atoms with Crippen molar-refractivity contribution in [2.75, 3.05) is 53.9 Å². The number of hydrogen-bond acceptors (Lipinski definition) is 10. The van der Waals surface area contributed by atoms with Crippen LogP contribution in [0.5, 0.6) is 0 Å². The van der Waals surface area contributed by atoms with E-state index in [4.69, 9.17) is 37.9 Å². The van der Waals surface area contributed by atoms with Crippen LogP contribution in [0, 0.1) is 0 Å². The smallest absolute Gasteiger partial charge is 0.319 e. The quantitative estimate of drug-likeness (QED) is 0.169. The summed E-state index contributed by atoms with van der Waals surface area (Å²) in [7, 11) is 2.83. The molecule has 0 atom stereocenters. The van der Waals surface area contributed by atoms with E-state index in [9.17, 15) is 9.59 Å². The van der Waals surface area contributed by atoms with Crippen LogP contribution in [0.4, 0.5) is 0 Å². The van der Waals surface area contributed by atoms with Gasteiger partial charge in [-0.15, -0.1) is 0 Å². The van der Waals surface area contributed by atoms with Crippen LogP contribution in [0.1, 0.15) is 53.4 Å². The molecule has 0 spiro atoms. The van der Waals surface area contributed by atoms with E-state index in [0.717, 1.165) is 0 Å². The molecule has 30 heavy (non-hydrogen) atoms. The molecule has 0 aromatic rings. The maximum absolute atomic E-state index is 11.9. The molecule has 10 nitrogen and oxygen atoms in total. The van der Waals surface area contributed by atoms with Gasteiger partial charge in [0.1, 0.15) is 0 Å². The van der Waals surface area contributed by atoms with Gasteiger partial charge in [-0.3, -0.25) is 9.59 Å². The molecule has 0 aliphatic heterocycles. The first-order valence-electron chi connectivity index (χ1n) is 10.3. The van der Waals surface area contributed by atoms with E-state index in [1.165, 1.54) is 14.2 Å². The molecule has 0 aromatic carbocycles. The van der Waals surface area contributed by atoms with Gasteiger partial charge in [0.2, 0.25) is 0 Å². The van der Waals surface area contributed by atoms with Crippen molar-refractivity contribution in [3.8, 4) is 0 Å². The predicted molar refractivity (Wildman–Crippen MR) is 106 cm³/mol. The minimum Gasteiger partial charge on any atom is -0.457 e. The Morgan fingerprint density at radius 2 is 0.900 bits per heavy atom. The van der Waals surface area contributed by atoms with Gasteiger partial charge in [-0.05, 0) is 40.5 Å². The van der Waals surface area contributed by atoms with Crippen molar-refractivity contribution in [2.45, 2.75) is 65.3 Å².